The first-order valence-electron chi connectivity index (χ1n) is 7.57. The summed E-state index contributed by atoms with van der Waals surface area (Å²) >= 11 is 3.55. The van der Waals surface area contributed by atoms with E-state index in [-0.39, 0.29) is 0 Å². The Morgan fingerprint density at radius 1 is 1.52 bits per heavy atom. The van der Waals surface area contributed by atoms with Gasteiger partial charge in [-0.2, -0.15) is 0 Å². The quantitative estimate of drug-likeness (QED) is 0.583. The molecule has 0 saturated heterocycles. The van der Waals surface area contributed by atoms with Crippen LogP contribution >= 0.6 is 15.9 Å². The molecule has 1 fully saturated rings. The van der Waals surface area contributed by atoms with E-state index in [1.54, 1.807) is 0 Å². The van der Waals surface area contributed by atoms with Gasteiger partial charge in [0, 0.05) is 13.6 Å². The molecule has 4 nitrogen and oxygen atoms in total. The highest BCUT2D eigenvalue weighted by molar-refractivity contribution is 9.10. The van der Waals surface area contributed by atoms with Crippen LogP contribution in [0.4, 0.5) is 5.69 Å². The van der Waals surface area contributed by atoms with Gasteiger partial charge in [-0.05, 0) is 61.0 Å². The van der Waals surface area contributed by atoms with Gasteiger partial charge in [-0.3, -0.25) is 0 Å². The number of hydrogen-bond donors (Lipinski definition) is 0. The first kappa shape index (κ1) is 16.3. The average Bonchev–Trinajstić information content (AvgIpc) is 2.86. The molecule has 1 aromatic rings. The summed E-state index contributed by atoms with van der Waals surface area (Å²) in [6.07, 6.45) is 5.61. The first-order chi connectivity index (χ1) is 9.99. The molecule has 1 aliphatic rings. The van der Waals surface area contributed by atoms with Crippen molar-refractivity contribution in [2.24, 2.45) is 10.9 Å². The van der Waals surface area contributed by atoms with Gasteiger partial charge in [-0.1, -0.05) is 6.92 Å². The summed E-state index contributed by atoms with van der Waals surface area (Å²) in [4.78, 5) is 11.1. The molecule has 2 atom stereocenters. The molecule has 0 aromatic carbocycles. The smallest absolute Gasteiger partial charge is 0.228 e. The lowest BCUT2D eigenvalue weighted by Gasteiger charge is -2.15. The standard InChI is InChI=1S/C16H24BrN3O/c1-5-20(4)10-18-15-9-14(17)16(19-12(15)3)21-13-7-6-11(2)8-13/h9-11,13H,5-8H2,1-4H3/t11-,13+/m1/s1. The topological polar surface area (TPSA) is 37.7 Å². The Morgan fingerprint density at radius 3 is 2.90 bits per heavy atom. The van der Waals surface area contributed by atoms with Crippen LogP contribution in [-0.4, -0.2) is 35.9 Å². The molecule has 21 heavy (non-hydrogen) atoms. The minimum Gasteiger partial charge on any atom is -0.474 e. The Balaban J connectivity index is 2.11. The molecule has 1 saturated carbocycles. The van der Waals surface area contributed by atoms with Crippen molar-refractivity contribution in [1.29, 1.82) is 0 Å². The van der Waals surface area contributed by atoms with Gasteiger partial charge >= 0.3 is 0 Å². The summed E-state index contributed by atoms with van der Waals surface area (Å²) in [7, 11) is 2.00. The van der Waals surface area contributed by atoms with Gasteiger partial charge in [0.15, 0.2) is 0 Å². The molecular weight excluding hydrogens is 330 g/mol. The second kappa shape index (κ2) is 7.25. The predicted octanol–water partition coefficient (Wildman–Crippen LogP) is 4.33. The number of nitrogens with zero attached hydrogens (tertiary/aromatic N) is 3. The molecule has 1 aromatic heterocycles. The van der Waals surface area contributed by atoms with Crippen molar-refractivity contribution in [2.45, 2.75) is 46.1 Å². The lowest BCUT2D eigenvalue weighted by Crippen LogP contribution is -2.14. The number of ether oxygens (including phenoxy) is 1. The van der Waals surface area contributed by atoms with Gasteiger partial charge in [-0.25, -0.2) is 9.98 Å². The van der Waals surface area contributed by atoms with E-state index in [1.165, 1.54) is 6.42 Å². The summed E-state index contributed by atoms with van der Waals surface area (Å²) in [6.45, 7) is 7.26. The average molecular weight is 354 g/mol. The molecule has 0 radical (unpaired) electrons. The minimum atomic E-state index is 0.295. The summed E-state index contributed by atoms with van der Waals surface area (Å²) in [5, 5.41) is 0. The van der Waals surface area contributed by atoms with E-state index in [0.29, 0.717) is 12.0 Å². The van der Waals surface area contributed by atoms with E-state index < -0.39 is 0 Å². The van der Waals surface area contributed by atoms with Crippen molar-refractivity contribution in [3.63, 3.8) is 0 Å². The zero-order valence-electron chi connectivity index (χ0n) is 13.3. The van der Waals surface area contributed by atoms with Crippen molar-refractivity contribution in [1.82, 2.24) is 9.88 Å². The highest BCUT2D eigenvalue weighted by Crippen LogP contribution is 2.34. The van der Waals surface area contributed by atoms with Crippen molar-refractivity contribution in [2.75, 3.05) is 13.6 Å². The molecule has 0 aliphatic heterocycles. The molecule has 1 aliphatic carbocycles. The molecule has 0 bridgehead atoms. The molecular formula is C16H24BrN3O. The number of aryl methyl sites for hydroxylation is 1. The normalized spacial score (nSPS) is 22.0. The third-order valence-corrected chi connectivity index (χ3v) is 4.49. The van der Waals surface area contributed by atoms with Crippen LogP contribution in [0, 0.1) is 12.8 Å². The van der Waals surface area contributed by atoms with Crippen LogP contribution in [0.25, 0.3) is 0 Å². The number of rotatable bonds is 5. The van der Waals surface area contributed by atoms with Crippen LogP contribution in [0.3, 0.4) is 0 Å². The molecule has 116 valence electrons. The van der Waals surface area contributed by atoms with Crippen LogP contribution in [0.15, 0.2) is 15.5 Å². The van der Waals surface area contributed by atoms with E-state index >= 15 is 0 Å². The monoisotopic (exact) mass is 353 g/mol. The fraction of sp³-hybridized carbons (Fsp3) is 0.625. The van der Waals surface area contributed by atoms with Crippen LogP contribution in [-0.2, 0) is 0 Å². The number of aromatic nitrogens is 1. The maximum Gasteiger partial charge on any atom is 0.228 e. The van der Waals surface area contributed by atoms with E-state index in [4.69, 9.17) is 4.74 Å². The Kier molecular flexibility index (Phi) is 5.62. The number of hydrogen-bond acceptors (Lipinski definition) is 3. The maximum absolute atomic E-state index is 6.04. The Labute approximate surface area is 135 Å². The SMILES string of the molecule is CCN(C)C=Nc1cc(Br)c(O[C@H]2CC[C@@H](C)C2)nc1C. The van der Waals surface area contributed by atoms with Crippen LogP contribution in [0.2, 0.25) is 0 Å². The number of aliphatic imine (C=N–C) groups is 1. The van der Waals surface area contributed by atoms with Crippen molar-refractivity contribution in [3.05, 3.63) is 16.2 Å². The molecule has 0 amide bonds. The van der Waals surface area contributed by atoms with Gasteiger partial charge in [-0.15, -0.1) is 0 Å². The molecule has 0 N–H and O–H groups in total. The third kappa shape index (κ3) is 4.43. The summed E-state index contributed by atoms with van der Waals surface area (Å²) in [5.41, 5.74) is 1.76. The third-order valence-electron chi connectivity index (χ3n) is 3.93. The minimum absolute atomic E-state index is 0.295. The predicted molar refractivity (Wildman–Crippen MR) is 90.6 cm³/mol. The van der Waals surface area contributed by atoms with E-state index in [1.807, 2.05) is 31.3 Å². The van der Waals surface area contributed by atoms with Crippen LogP contribution in [0.5, 0.6) is 5.88 Å². The molecule has 5 heteroatoms. The van der Waals surface area contributed by atoms with Gasteiger partial charge in [0.1, 0.15) is 6.10 Å². The Hall–Kier alpha value is -1.10. The molecule has 0 unspecified atom stereocenters. The fourth-order valence-corrected chi connectivity index (χ4v) is 2.82. The molecule has 1 heterocycles. The van der Waals surface area contributed by atoms with Crippen molar-refractivity contribution < 1.29 is 4.74 Å². The van der Waals surface area contributed by atoms with E-state index in [0.717, 1.165) is 41.2 Å². The number of pyridine rings is 1. The summed E-state index contributed by atoms with van der Waals surface area (Å²) in [6, 6.07) is 1.98. The second-order valence-corrected chi connectivity index (χ2v) is 6.71. The highest BCUT2D eigenvalue weighted by Gasteiger charge is 2.24. The summed E-state index contributed by atoms with van der Waals surface area (Å²) < 4.78 is 6.91. The van der Waals surface area contributed by atoms with Crippen LogP contribution < -0.4 is 4.74 Å². The lowest BCUT2D eigenvalue weighted by molar-refractivity contribution is 0.195. The molecule has 0 spiro atoms. The molecule has 2 rings (SSSR count). The van der Waals surface area contributed by atoms with Gasteiger partial charge in [0.25, 0.3) is 0 Å². The van der Waals surface area contributed by atoms with Gasteiger partial charge in [0.05, 0.1) is 22.2 Å². The number of halogens is 1. The zero-order chi connectivity index (χ0) is 15.4. The maximum atomic E-state index is 6.04. The van der Waals surface area contributed by atoms with Crippen molar-refractivity contribution >= 4 is 28.0 Å². The Bertz CT molecular complexity index is 518. The van der Waals surface area contributed by atoms with Gasteiger partial charge < -0.3 is 9.64 Å². The second-order valence-electron chi connectivity index (χ2n) is 5.86. The van der Waals surface area contributed by atoms with Crippen LogP contribution in [0.1, 0.15) is 38.8 Å². The van der Waals surface area contributed by atoms with Gasteiger partial charge in [0.2, 0.25) is 5.88 Å². The fourth-order valence-electron chi connectivity index (χ4n) is 2.42. The zero-order valence-corrected chi connectivity index (χ0v) is 14.9. The Morgan fingerprint density at radius 2 is 2.29 bits per heavy atom. The summed E-state index contributed by atoms with van der Waals surface area (Å²) in [5.74, 6) is 1.44. The lowest BCUT2D eigenvalue weighted by atomic mass is 10.1. The van der Waals surface area contributed by atoms with Crippen molar-refractivity contribution in [3.8, 4) is 5.88 Å². The van der Waals surface area contributed by atoms with E-state index in [9.17, 15) is 0 Å². The first-order valence-corrected chi connectivity index (χ1v) is 8.37. The highest BCUT2D eigenvalue weighted by atomic mass is 79.9. The largest absolute Gasteiger partial charge is 0.474 e. The van der Waals surface area contributed by atoms with E-state index in [2.05, 4.69) is 39.8 Å².